The zero-order chi connectivity index (χ0) is 19.2. The van der Waals surface area contributed by atoms with Crippen LogP contribution in [0, 0.1) is 0 Å². The van der Waals surface area contributed by atoms with E-state index in [-0.39, 0.29) is 11.8 Å². The minimum atomic E-state index is 0.0229. The Labute approximate surface area is 164 Å². The van der Waals surface area contributed by atoms with E-state index < -0.39 is 0 Å². The molecule has 0 unspecified atom stereocenters. The lowest BCUT2D eigenvalue weighted by Gasteiger charge is -2.18. The average Bonchev–Trinajstić information content (AvgIpc) is 3.08. The number of likely N-dealkylation sites (N-methyl/N-ethyl adjacent to an activating group) is 1. The van der Waals surface area contributed by atoms with Gasteiger partial charge in [0.1, 0.15) is 12.4 Å². The zero-order valence-electron chi connectivity index (χ0n) is 15.4. The number of rotatable bonds is 7. The molecule has 0 aliphatic carbocycles. The maximum Gasteiger partial charge on any atom is 0.227 e. The first kappa shape index (κ1) is 19.2. The Morgan fingerprint density at radius 3 is 2.67 bits per heavy atom. The fourth-order valence-electron chi connectivity index (χ4n) is 3.01. The molecule has 2 aromatic carbocycles. The predicted octanol–water partition coefficient (Wildman–Crippen LogP) is 3.55. The summed E-state index contributed by atoms with van der Waals surface area (Å²) in [5, 5.41) is 0.621. The standard InChI is InChI=1S/C21H23ClN2O3/c1-23(12-13-27-19-5-2-4-17(22)15-19)21(26)14-16-7-9-18(10-8-16)24-11-3-6-20(24)25/h2,4-5,7-10,15H,3,6,11-14H2,1H3. The molecule has 1 aliphatic heterocycles. The minimum absolute atomic E-state index is 0.0229. The second-order valence-corrected chi connectivity index (χ2v) is 7.05. The van der Waals surface area contributed by atoms with Crippen molar-refractivity contribution in [1.82, 2.24) is 4.90 Å². The monoisotopic (exact) mass is 386 g/mol. The first-order valence-corrected chi connectivity index (χ1v) is 9.42. The highest BCUT2D eigenvalue weighted by atomic mass is 35.5. The molecule has 2 aromatic rings. The summed E-state index contributed by atoms with van der Waals surface area (Å²) in [6.45, 7) is 1.66. The van der Waals surface area contributed by atoms with E-state index in [1.807, 2.05) is 36.4 Å². The number of hydrogen-bond acceptors (Lipinski definition) is 3. The molecule has 1 fully saturated rings. The number of benzene rings is 2. The second kappa shape index (κ2) is 8.91. The van der Waals surface area contributed by atoms with E-state index in [1.165, 1.54) is 0 Å². The molecule has 0 spiro atoms. The van der Waals surface area contributed by atoms with Gasteiger partial charge in [-0.1, -0.05) is 29.8 Å². The molecule has 0 atom stereocenters. The van der Waals surface area contributed by atoms with Crippen molar-refractivity contribution in [3.8, 4) is 5.75 Å². The Morgan fingerprint density at radius 1 is 1.22 bits per heavy atom. The lowest BCUT2D eigenvalue weighted by molar-refractivity contribution is -0.129. The maximum atomic E-state index is 12.4. The minimum Gasteiger partial charge on any atom is -0.492 e. The molecule has 1 aliphatic rings. The topological polar surface area (TPSA) is 49.9 Å². The third-order valence-electron chi connectivity index (χ3n) is 4.59. The number of hydrogen-bond donors (Lipinski definition) is 0. The lowest BCUT2D eigenvalue weighted by atomic mass is 10.1. The van der Waals surface area contributed by atoms with Crippen LogP contribution in [0.2, 0.25) is 5.02 Å². The van der Waals surface area contributed by atoms with Gasteiger partial charge in [0, 0.05) is 30.7 Å². The number of nitrogens with zero attached hydrogens (tertiary/aromatic N) is 2. The fourth-order valence-corrected chi connectivity index (χ4v) is 3.19. The van der Waals surface area contributed by atoms with Gasteiger partial charge in [0.2, 0.25) is 11.8 Å². The molecular weight excluding hydrogens is 364 g/mol. The number of anilines is 1. The first-order valence-electron chi connectivity index (χ1n) is 9.04. The maximum absolute atomic E-state index is 12.4. The van der Waals surface area contributed by atoms with Crippen LogP contribution in [-0.4, -0.2) is 43.5 Å². The van der Waals surface area contributed by atoms with Crippen LogP contribution >= 0.6 is 11.6 Å². The van der Waals surface area contributed by atoms with Crippen LogP contribution in [0.15, 0.2) is 48.5 Å². The van der Waals surface area contributed by atoms with Crippen LogP contribution in [0.5, 0.6) is 5.75 Å². The predicted molar refractivity (Wildman–Crippen MR) is 106 cm³/mol. The average molecular weight is 387 g/mol. The van der Waals surface area contributed by atoms with E-state index in [0.717, 1.165) is 24.2 Å². The second-order valence-electron chi connectivity index (χ2n) is 6.61. The van der Waals surface area contributed by atoms with Gasteiger partial charge < -0.3 is 14.5 Å². The number of carbonyl (C=O) groups is 2. The fraction of sp³-hybridized carbons (Fsp3) is 0.333. The van der Waals surface area contributed by atoms with Crippen molar-refractivity contribution in [2.75, 3.05) is 31.6 Å². The van der Waals surface area contributed by atoms with E-state index in [0.29, 0.717) is 36.8 Å². The van der Waals surface area contributed by atoms with Gasteiger partial charge in [-0.15, -0.1) is 0 Å². The van der Waals surface area contributed by atoms with Crippen molar-refractivity contribution in [3.63, 3.8) is 0 Å². The summed E-state index contributed by atoms with van der Waals surface area (Å²) < 4.78 is 5.62. The van der Waals surface area contributed by atoms with E-state index >= 15 is 0 Å². The molecule has 1 saturated heterocycles. The summed E-state index contributed by atoms with van der Waals surface area (Å²) in [4.78, 5) is 27.6. The third-order valence-corrected chi connectivity index (χ3v) is 4.83. The van der Waals surface area contributed by atoms with Crippen molar-refractivity contribution in [3.05, 3.63) is 59.1 Å². The molecule has 0 N–H and O–H groups in total. The van der Waals surface area contributed by atoms with Gasteiger partial charge in [-0.05, 0) is 42.3 Å². The molecule has 1 heterocycles. The molecule has 0 radical (unpaired) electrons. The highest BCUT2D eigenvalue weighted by Gasteiger charge is 2.21. The number of amides is 2. The van der Waals surface area contributed by atoms with Crippen molar-refractivity contribution in [2.24, 2.45) is 0 Å². The van der Waals surface area contributed by atoms with Crippen molar-refractivity contribution in [2.45, 2.75) is 19.3 Å². The van der Waals surface area contributed by atoms with Crippen LogP contribution in [0.4, 0.5) is 5.69 Å². The zero-order valence-corrected chi connectivity index (χ0v) is 16.1. The van der Waals surface area contributed by atoms with Gasteiger partial charge in [0.15, 0.2) is 0 Å². The summed E-state index contributed by atoms with van der Waals surface area (Å²) in [6.07, 6.45) is 1.84. The molecule has 0 bridgehead atoms. The van der Waals surface area contributed by atoms with Crippen molar-refractivity contribution in [1.29, 1.82) is 0 Å². The normalized spacial score (nSPS) is 13.7. The van der Waals surface area contributed by atoms with E-state index in [4.69, 9.17) is 16.3 Å². The summed E-state index contributed by atoms with van der Waals surface area (Å²) in [6, 6.07) is 14.8. The third kappa shape index (κ3) is 5.23. The molecule has 6 heteroatoms. The molecule has 5 nitrogen and oxygen atoms in total. The van der Waals surface area contributed by atoms with Crippen LogP contribution in [0.3, 0.4) is 0 Å². The van der Waals surface area contributed by atoms with Gasteiger partial charge in [-0.25, -0.2) is 0 Å². The Kier molecular flexibility index (Phi) is 6.35. The quantitative estimate of drug-likeness (QED) is 0.731. The summed E-state index contributed by atoms with van der Waals surface area (Å²) >= 11 is 5.92. The summed E-state index contributed by atoms with van der Waals surface area (Å²) in [5.41, 5.74) is 1.83. The van der Waals surface area contributed by atoms with Crippen molar-refractivity contribution < 1.29 is 14.3 Å². The summed E-state index contributed by atoms with van der Waals surface area (Å²) in [5.74, 6) is 0.878. The number of ether oxygens (including phenoxy) is 1. The summed E-state index contributed by atoms with van der Waals surface area (Å²) in [7, 11) is 1.76. The van der Waals surface area contributed by atoms with E-state index in [9.17, 15) is 9.59 Å². The Balaban J connectivity index is 1.47. The number of halogens is 1. The van der Waals surface area contributed by atoms with Crippen LogP contribution in [-0.2, 0) is 16.0 Å². The highest BCUT2D eigenvalue weighted by molar-refractivity contribution is 6.30. The van der Waals surface area contributed by atoms with E-state index in [2.05, 4.69) is 0 Å². The molecule has 2 amide bonds. The van der Waals surface area contributed by atoms with Crippen LogP contribution in [0.1, 0.15) is 18.4 Å². The van der Waals surface area contributed by atoms with Crippen molar-refractivity contribution >= 4 is 29.1 Å². The molecule has 0 aromatic heterocycles. The Hall–Kier alpha value is -2.53. The largest absolute Gasteiger partial charge is 0.492 e. The molecule has 3 rings (SSSR count). The van der Waals surface area contributed by atoms with Gasteiger partial charge in [0.05, 0.1) is 13.0 Å². The smallest absolute Gasteiger partial charge is 0.227 e. The lowest BCUT2D eigenvalue weighted by Crippen LogP contribution is -2.32. The van der Waals surface area contributed by atoms with Crippen LogP contribution < -0.4 is 9.64 Å². The van der Waals surface area contributed by atoms with E-state index in [1.54, 1.807) is 29.0 Å². The Bertz CT molecular complexity index is 807. The highest BCUT2D eigenvalue weighted by Crippen LogP contribution is 2.22. The molecule has 142 valence electrons. The van der Waals surface area contributed by atoms with Gasteiger partial charge in [-0.2, -0.15) is 0 Å². The molecule has 27 heavy (non-hydrogen) atoms. The number of carbonyl (C=O) groups excluding carboxylic acids is 2. The van der Waals surface area contributed by atoms with Gasteiger partial charge >= 0.3 is 0 Å². The Morgan fingerprint density at radius 2 is 2.00 bits per heavy atom. The molecule has 0 saturated carbocycles. The SMILES string of the molecule is CN(CCOc1cccc(Cl)c1)C(=O)Cc1ccc(N2CCCC2=O)cc1. The van der Waals surface area contributed by atoms with Crippen LogP contribution in [0.25, 0.3) is 0 Å². The van der Waals surface area contributed by atoms with Gasteiger partial charge in [0.25, 0.3) is 0 Å². The first-order chi connectivity index (χ1) is 13.0. The van der Waals surface area contributed by atoms with Gasteiger partial charge in [-0.3, -0.25) is 9.59 Å². The molecular formula is C21H23ClN2O3.